The van der Waals surface area contributed by atoms with Gasteiger partial charge in [0, 0.05) is 13.0 Å². The molecule has 4 rings (SSSR count). The second-order valence-corrected chi connectivity index (χ2v) is 6.32. The predicted octanol–water partition coefficient (Wildman–Crippen LogP) is 2.42. The first kappa shape index (κ1) is 15.1. The number of aromatic nitrogens is 2. The van der Waals surface area contributed by atoms with Crippen LogP contribution in [0.1, 0.15) is 24.2 Å². The summed E-state index contributed by atoms with van der Waals surface area (Å²) in [6, 6.07) is 5.78. The van der Waals surface area contributed by atoms with Crippen LogP contribution in [0.2, 0.25) is 0 Å². The first-order chi connectivity index (χ1) is 11.8. The summed E-state index contributed by atoms with van der Waals surface area (Å²) >= 11 is 0. The molecule has 0 fully saturated rings. The van der Waals surface area contributed by atoms with Crippen LogP contribution < -0.4 is 14.8 Å². The maximum absolute atomic E-state index is 12.7. The molecule has 2 aromatic rings. The van der Waals surface area contributed by atoms with Gasteiger partial charge in [-0.25, -0.2) is 4.98 Å². The summed E-state index contributed by atoms with van der Waals surface area (Å²) in [7, 11) is 1.63. The molecule has 6 nitrogen and oxygen atoms in total. The van der Waals surface area contributed by atoms with E-state index in [1.807, 2.05) is 18.2 Å². The number of para-hydroxylation sites is 1. The third kappa shape index (κ3) is 2.62. The quantitative estimate of drug-likeness (QED) is 0.940. The van der Waals surface area contributed by atoms with E-state index < -0.39 is 0 Å². The molecular formula is C18H21N3O3. The van der Waals surface area contributed by atoms with Crippen molar-refractivity contribution in [2.75, 3.05) is 19.0 Å². The molecule has 126 valence electrons. The molecule has 1 atom stereocenters. The minimum atomic E-state index is -0.209. The van der Waals surface area contributed by atoms with E-state index in [9.17, 15) is 4.79 Å². The molecule has 0 saturated heterocycles. The Kier molecular flexibility index (Phi) is 3.88. The molecule has 1 aromatic carbocycles. The maximum Gasteiger partial charge on any atom is 0.232 e. The Labute approximate surface area is 140 Å². The van der Waals surface area contributed by atoms with E-state index in [2.05, 4.69) is 14.9 Å². The number of fused-ring (bicyclic) bond motifs is 2. The van der Waals surface area contributed by atoms with Gasteiger partial charge in [0.2, 0.25) is 5.91 Å². The van der Waals surface area contributed by atoms with Crippen LogP contribution in [0.3, 0.4) is 0 Å². The maximum atomic E-state index is 12.7. The van der Waals surface area contributed by atoms with Gasteiger partial charge < -0.3 is 19.4 Å². The first-order valence-corrected chi connectivity index (χ1v) is 8.40. The molecule has 0 spiro atoms. The Hall–Kier alpha value is -2.50. The van der Waals surface area contributed by atoms with E-state index in [1.165, 1.54) is 6.42 Å². The molecule has 2 aliphatic rings. The zero-order valence-electron chi connectivity index (χ0n) is 13.7. The molecule has 0 radical (unpaired) electrons. The van der Waals surface area contributed by atoms with Crippen molar-refractivity contribution in [1.82, 2.24) is 9.55 Å². The summed E-state index contributed by atoms with van der Waals surface area (Å²) < 4.78 is 13.2. The van der Waals surface area contributed by atoms with E-state index in [4.69, 9.17) is 9.47 Å². The van der Waals surface area contributed by atoms with Crippen molar-refractivity contribution in [1.29, 1.82) is 0 Å². The van der Waals surface area contributed by atoms with E-state index in [0.29, 0.717) is 13.0 Å². The molecule has 0 bridgehead atoms. The molecule has 1 amide bonds. The Morgan fingerprint density at radius 1 is 1.42 bits per heavy atom. The number of anilines is 1. The molecule has 3 heterocycles. The van der Waals surface area contributed by atoms with E-state index in [0.717, 1.165) is 48.1 Å². The number of imidazole rings is 1. The SMILES string of the molecule is COc1cccc2c1OC[C@H](C(=O)Nc1cnc3n1CCCC3)C2. The summed E-state index contributed by atoms with van der Waals surface area (Å²) in [6.45, 7) is 1.28. The fourth-order valence-corrected chi connectivity index (χ4v) is 3.47. The molecule has 0 saturated carbocycles. The lowest BCUT2D eigenvalue weighted by atomic mass is 9.95. The van der Waals surface area contributed by atoms with Gasteiger partial charge in [0.25, 0.3) is 0 Å². The fraction of sp³-hybridized carbons (Fsp3) is 0.444. The van der Waals surface area contributed by atoms with Gasteiger partial charge in [-0.15, -0.1) is 0 Å². The van der Waals surface area contributed by atoms with Crippen LogP contribution in [0.25, 0.3) is 0 Å². The van der Waals surface area contributed by atoms with Crippen LogP contribution in [0.4, 0.5) is 5.82 Å². The Bertz CT molecular complexity index is 769. The average molecular weight is 327 g/mol. The van der Waals surface area contributed by atoms with Gasteiger partial charge in [0.1, 0.15) is 18.2 Å². The van der Waals surface area contributed by atoms with Crippen LogP contribution in [0.15, 0.2) is 24.4 Å². The van der Waals surface area contributed by atoms with Gasteiger partial charge in [-0.05, 0) is 30.9 Å². The summed E-state index contributed by atoms with van der Waals surface area (Å²) in [5.41, 5.74) is 1.01. The van der Waals surface area contributed by atoms with E-state index in [1.54, 1.807) is 13.3 Å². The van der Waals surface area contributed by atoms with Crippen LogP contribution >= 0.6 is 0 Å². The summed E-state index contributed by atoms with van der Waals surface area (Å²) in [6.07, 6.45) is 5.69. The smallest absolute Gasteiger partial charge is 0.232 e. The molecule has 0 aliphatic carbocycles. The summed E-state index contributed by atoms with van der Waals surface area (Å²) in [4.78, 5) is 17.1. The molecule has 1 aromatic heterocycles. The van der Waals surface area contributed by atoms with Gasteiger partial charge in [-0.3, -0.25) is 4.79 Å². The second kappa shape index (κ2) is 6.19. The van der Waals surface area contributed by atoms with Gasteiger partial charge in [0.05, 0.1) is 19.2 Å². The molecule has 0 unspecified atom stereocenters. The van der Waals surface area contributed by atoms with E-state index >= 15 is 0 Å². The lowest BCUT2D eigenvalue weighted by molar-refractivity contribution is -0.121. The standard InChI is InChI=1S/C18H21N3O3/c1-23-14-6-4-5-12-9-13(11-24-17(12)14)18(22)20-16-10-19-15-7-2-3-8-21(15)16/h4-6,10,13H,2-3,7-9,11H2,1H3,(H,20,22)/t13-/m1/s1. The molecule has 24 heavy (non-hydrogen) atoms. The van der Waals surface area contributed by atoms with Gasteiger partial charge in [-0.2, -0.15) is 0 Å². The number of nitrogens with zero attached hydrogens (tertiary/aromatic N) is 2. The lowest BCUT2D eigenvalue weighted by Crippen LogP contribution is -2.33. The van der Waals surface area contributed by atoms with E-state index in [-0.39, 0.29) is 11.8 Å². The Balaban J connectivity index is 1.49. The number of nitrogens with one attached hydrogen (secondary N) is 1. The highest BCUT2D eigenvalue weighted by molar-refractivity contribution is 5.92. The van der Waals surface area contributed by atoms with Crippen LogP contribution in [0, 0.1) is 5.92 Å². The summed E-state index contributed by atoms with van der Waals surface area (Å²) in [5, 5.41) is 3.03. The number of carbonyl (C=O) groups is 1. The third-order valence-electron chi connectivity index (χ3n) is 4.77. The highest BCUT2D eigenvalue weighted by Crippen LogP contribution is 2.36. The van der Waals surface area contributed by atoms with Crippen molar-refractivity contribution in [3.05, 3.63) is 35.8 Å². The third-order valence-corrected chi connectivity index (χ3v) is 4.77. The number of carbonyl (C=O) groups excluding carboxylic acids is 1. The van der Waals surface area contributed by atoms with Crippen molar-refractivity contribution < 1.29 is 14.3 Å². The number of hydrogen-bond donors (Lipinski definition) is 1. The fourth-order valence-electron chi connectivity index (χ4n) is 3.47. The van der Waals surface area contributed by atoms with Crippen LogP contribution in [-0.2, 0) is 24.2 Å². The highest BCUT2D eigenvalue weighted by atomic mass is 16.5. The molecule has 1 N–H and O–H groups in total. The number of benzene rings is 1. The van der Waals surface area contributed by atoms with Crippen LogP contribution in [-0.4, -0.2) is 29.2 Å². The van der Waals surface area contributed by atoms with Crippen molar-refractivity contribution in [3.8, 4) is 11.5 Å². The Morgan fingerprint density at radius 3 is 3.21 bits per heavy atom. The minimum Gasteiger partial charge on any atom is -0.493 e. The normalized spacial score (nSPS) is 19.0. The number of methoxy groups -OCH3 is 1. The average Bonchev–Trinajstić information content (AvgIpc) is 3.03. The molecular weight excluding hydrogens is 306 g/mol. The van der Waals surface area contributed by atoms with Crippen molar-refractivity contribution in [3.63, 3.8) is 0 Å². The Morgan fingerprint density at radius 2 is 2.33 bits per heavy atom. The first-order valence-electron chi connectivity index (χ1n) is 8.40. The predicted molar refractivity (Wildman–Crippen MR) is 89.5 cm³/mol. The number of rotatable bonds is 3. The number of amides is 1. The monoisotopic (exact) mass is 327 g/mol. The second-order valence-electron chi connectivity index (χ2n) is 6.32. The largest absolute Gasteiger partial charge is 0.493 e. The number of hydrogen-bond acceptors (Lipinski definition) is 4. The van der Waals surface area contributed by atoms with Gasteiger partial charge in [-0.1, -0.05) is 12.1 Å². The number of aryl methyl sites for hydroxylation is 1. The van der Waals surface area contributed by atoms with Crippen molar-refractivity contribution in [2.45, 2.75) is 32.2 Å². The van der Waals surface area contributed by atoms with Crippen molar-refractivity contribution >= 4 is 11.7 Å². The zero-order valence-corrected chi connectivity index (χ0v) is 13.7. The van der Waals surface area contributed by atoms with Crippen molar-refractivity contribution in [2.24, 2.45) is 5.92 Å². The van der Waals surface area contributed by atoms with Gasteiger partial charge in [0.15, 0.2) is 11.5 Å². The minimum absolute atomic E-state index is 0.0169. The lowest BCUT2D eigenvalue weighted by Gasteiger charge is -2.26. The van der Waals surface area contributed by atoms with Gasteiger partial charge >= 0.3 is 0 Å². The highest BCUT2D eigenvalue weighted by Gasteiger charge is 2.28. The van der Waals surface area contributed by atoms with Crippen LogP contribution in [0.5, 0.6) is 11.5 Å². The topological polar surface area (TPSA) is 65.4 Å². The summed E-state index contributed by atoms with van der Waals surface area (Å²) in [5.74, 6) is 3.11. The number of ether oxygens (including phenoxy) is 2. The molecule has 6 heteroatoms. The zero-order chi connectivity index (χ0) is 16.5. The molecule has 2 aliphatic heterocycles.